The highest BCUT2D eigenvalue weighted by Crippen LogP contribution is 2.25. The van der Waals surface area contributed by atoms with Crippen LogP contribution >= 0.6 is 39.3 Å². The Labute approximate surface area is 185 Å². The van der Waals surface area contributed by atoms with E-state index in [-0.39, 0.29) is 11.5 Å². The lowest BCUT2D eigenvalue weighted by Crippen LogP contribution is -2.28. The fourth-order valence-electron chi connectivity index (χ4n) is 2.63. The van der Waals surface area contributed by atoms with Crippen molar-refractivity contribution < 1.29 is 9.53 Å². The van der Waals surface area contributed by atoms with Gasteiger partial charge < -0.3 is 10.1 Å². The van der Waals surface area contributed by atoms with E-state index in [1.165, 1.54) is 16.3 Å². The van der Waals surface area contributed by atoms with Gasteiger partial charge in [0.25, 0.3) is 5.56 Å². The minimum Gasteiger partial charge on any atom is -0.383 e. The second kappa shape index (κ2) is 9.75. The third-order valence-electron chi connectivity index (χ3n) is 4.16. The summed E-state index contributed by atoms with van der Waals surface area (Å²) >= 11 is 10.6. The molecule has 0 aliphatic heterocycles. The fraction of sp³-hybridized carbons (Fsp3) is 0.250. The number of carbonyl (C=O) groups is 1. The summed E-state index contributed by atoms with van der Waals surface area (Å²) in [6, 6.07) is 12.3. The first-order chi connectivity index (χ1) is 13.9. The maximum atomic E-state index is 12.9. The van der Waals surface area contributed by atoms with Crippen molar-refractivity contribution in [1.82, 2.24) is 9.55 Å². The normalized spacial score (nSPS) is 12.1. The number of ether oxygens (including phenoxy) is 1. The van der Waals surface area contributed by atoms with Crippen LogP contribution in [0.2, 0.25) is 5.02 Å². The van der Waals surface area contributed by atoms with Crippen molar-refractivity contribution in [2.24, 2.45) is 0 Å². The first-order valence-electron chi connectivity index (χ1n) is 8.81. The number of anilines is 1. The van der Waals surface area contributed by atoms with E-state index in [2.05, 4.69) is 26.2 Å². The van der Waals surface area contributed by atoms with Crippen molar-refractivity contribution in [2.45, 2.75) is 23.9 Å². The number of halogens is 2. The molecule has 29 heavy (non-hydrogen) atoms. The number of fused-ring (bicyclic) bond motifs is 1. The molecule has 0 aliphatic carbocycles. The van der Waals surface area contributed by atoms with Crippen molar-refractivity contribution >= 4 is 61.8 Å². The zero-order chi connectivity index (χ0) is 21.0. The first kappa shape index (κ1) is 21.8. The number of methoxy groups -OCH3 is 1. The number of rotatable bonds is 7. The molecule has 1 N–H and O–H groups in total. The van der Waals surface area contributed by atoms with Gasteiger partial charge in [0.1, 0.15) is 0 Å². The minimum atomic E-state index is -0.476. The van der Waals surface area contributed by atoms with E-state index in [0.717, 1.165) is 4.47 Å². The zero-order valence-corrected chi connectivity index (χ0v) is 19.0. The van der Waals surface area contributed by atoms with E-state index in [1.54, 1.807) is 32.2 Å². The molecule has 1 amide bonds. The zero-order valence-electron chi connectivity index (χ0n) is 15.8. The van der Waals surface area contributed by atoms with Crippen LogP contribution in [-0.2, 0) is 16.1 Å². The van der Waals surface area contributed by atoms with Gasteiger partial charge in [-0.25, -0.2) is 4.98 Å². The summed E-state index contributed by atoms with van der Waals surface area (Å²) in [5.74, 6) is -0.184. The summed E-state index contributed by atoms with van der Waals surface area (Å²) < 4.78 is 7.59. The lowest BCUT2D eigenvalue weighted by Gasteiger charge is -2.16. The number of amides is 1. The molecule has 3 aromatic rings. The molecule has 9 heteroatoms. The van der Waals surface area contributed by atoms with Crippen molar-refractivity contribution in [3.05, 3.63) is 62.3 Å². The number of aromatic nitrogens is 2. The lowest BCUT2D eigenvalue weighted by atomic mass is 10.2. The van der Waals surface area contributed by atoms with Gasteiger partial charge in [0.2, 0.25) is 5.91 Å². The highest BCUT2D eigenvalue weighted by atomic mass is 79.9. The molecular formula is C20H19BrClN3O3S. The molecule has 1 heterocycles. The molecule has 2 aromatic carbocycles. The highest BCUT2D eigenvalue weighted by Gasteiger charge is 2.20. The topological polar surface area (TPSA) is 73.2 Å². The van der Waals surface area contributed by atoms with Crippen LogP contribution in [0, 0.1) is 0 Å². The molecule has 1 unspecified atom stereocenters. The highest BCUT2D eigenvalue weighted by molar-refractivity contribution is 9.10. The summed E-state index contributed by atoms with van der Waals surface area (Å²) in [4.78, 5) is 30.2. The largest absolute Gasteiger partial charge is 0.383 e. The second-order valence-corrected chi connectivity index (χ2v) is 8.92. The molecule has 0 saturated carbocycles. The summed E-state index contributed by atoms with van der Waals surface area (Å²) in [6.07, 6.45) is 0. The molecule has 0 radical (unpaired) electrons. The quantitative estimate of drug-likeness (QED) is 0.383. The lowest BCUT2D eigenvalue weighted by molar-refractivity contribution is -0.115. The van der Waals surface area contributed by atoms with E-state index in [1.807, 2.05) is 24.3 Å². The Morgan fingerprint density at radius 3 is 2.72 bits per heavy atom. The fourth-order valence-corrected chi connectivity index (χ4v) is 4.00. The van der Waals surface area contributed by atoms with Crippen molar-refractivity contribution in [3.63, 3.8) is 0 Å². The Morgan fingerprint density at radius 2 is 2.03 bits per heavy atom. The van der Waals surface area contributed by atoms with Gasteiger partial charge in [-0.15, -0.1) is 0 Å². The average Bonchev–Trinajstić information content (AvgIpc) is 2.69. The van der Waals surface area contributed by atoms with Gasteiger partial charge in [-0.3, -0.25) is 14.2 Å². The maximum Gasteiger partial charge on any atom is 0.262 e. The van der Waals surface area contributed by atoms with Gasteiger partial charge >= 0.3 is 0 Å². The SMILES string of the molecule is COCCn1c(SC(C)C(=O)Nc2ccc(Br)cc2)nc2cc(Cl)ccc2c1=O. The van der Waals surface area contributed by atoms with Crippen LogP contribution in [-0.4, -0.2) is 34.4 Å². The number of nitrogens with one attached hydrogen (secondary N) is 1. The standard InChI is InChI=1S/C20H19BrClN3O3S/c1-12(18(26)23-15-6-3-13(21)4-7-15)29-20-24-17-11-14(22)5-8-16(17)19(27)25(20)9-10-28-2/h3-8,11-12H,9-10H2,1-2H3,(H,23,26). The number of hydrogen-bond donors (Lipinski definition) is 1. The molecule has 0 spiro atoms. The Kier molecular flexibility index (Phi) is 7.34. The number of thioether (sulfide) groups is 1. The number of hydrogen-bond acceptors (Lipinski definition) is 5. The average molecular weight is 497 g/mol. The first-order valence-corrected chi connectivity index (χ1v) is 10.9. The van der Waals surface area contributed by atoms with Crippen LogP contribution in [0.3, 0.4) is 0 Å². The minimum absolute atomic E-state index is 0.184. The second-order valence-electron chi connectivity index (χ2n) is 6.26. The summed E-state index contributed by atoms with van der Waals surface area (Å²) in [6.45, 7) is 2.46. The molecule has 152 valence electrons. The van der Waals surface area contributed by atoms with Crippen LogP contribution in [0.1, 0.15) is 6.92 Å². The van der Waals surface area contributed by atoms with Crippen molar-refractivity contribution in [2.75, 3.05) is 19.0 Å². The van der Waals surface area contributed by atoms with E-state index in [0.29, 0.717) is 39.9 Å². The van der Waals surface area contributed by atoms with Gasteiger partial charge in [0.15, 0.2) is 5.16 Å². The molecule has 1 atom stereocenters. The molecule has 3 rings (SSSR count). The van der Waals surface area contributed by atoms with E-state index >= 15 is 0 Å². The molecule has 1 aromatic heterocycles. The van der Waals surface area contributed by atoms with E-state index < -0.39 is 5.25 Å². The number of nitrogens with zero attached hydrogens (tertiary/aromatic N) is 2. The van der Waals surface area contributed by atoms with Gasteiger partial charge in [-0.05, 0) is 49.4 Å². The molecule has 0 aliphatic rings. The Hall–Kier alpha value is -1.87. The smallest absolute Gasteiger partial charge is 0.262 e. The van der Waals surface area contributed by atoms with Crippen LogP contribution in [0.5, 0.6) is 0 Å². The number of carbonyl (C=O) groups excluding carboxylic acids is 1. The van der Waals surface area contributed by atoms with E-state index in [9.17, 15) is 9.59 Å². The molecule has 0 bridgehead atoms. The number of benzene rings is 2. The maximum absolute atomic E-state index is 12.9. The third kappa shape index (κ3) is 5.39. The van der Waals surface area contributed by atoms with Crippen LogP contribution in [0.15, 0.2) is 56.9 Å². The van der Waals surface area contributed by atoms with Gasteiger partial charge in [0, 0.05) is 22.3 Å². The predicted octanol–water partition coefficient (Wildman–Crippen LogP) is 4.58. The van der Waals surface area contributed by atoms with Crippen LogP contribution in [0.4, 0.5) is 5.69 Å². The summed E-state index contributed by atoms with van der Waals surface area (Å²) in [5.41, 5.74) is 1.01. The molecule has 0 fully saturated rings. The Bertz CT molecular complexity index is 1090. The Morgan fingerprint density at radius 1 is 1.31 bits per heavy atom. The molecule has 0 saturated heterocycles. The predicted molar refractivity (Wildman–Crippen MR) is 121 cm³/mol. The van der Waals surface area contributed by atoms with Gasteiger partial charge in [-0.2, -0.15) is 0 Å². The van der Waals surface area contributed by atoms with E-state index in [4.69, 9.17) is 16.3 Å². The Balaban J connectivity index is 1.89. The van der Waals surface area contributed by atoms with Gasteiger partial charge in [0.05, 0.1) is 29.3 Å². The van der Waals surface area contributed by atoms with Gasteiger partial charge in [-0.1, -0.05) is 39.3 Å². The van der Waals surface area contributed by atoms with Crippen molar-refractivity contribution in [3.8, 4) is 0 Å². The summed E-state index contributed by atoms with van der Waals surface area (Å²) in [7, 11) is 1.57. The third-order valence-corrected chi connectivity index (χ3v) is 6.02. The van der Waals surface area contributed by atoms with Crippen molar-refractivity contribution in [1.29, 1.82) is 0 Å². The molecule has 6 nitrogen and oxygen atoms in total. The monoisotopic (exact) mass is 495 g/mol. The van der Waals surface area contributed by atoms with Crippen LogP contribution < -0.4 is 10.9 Å². The molecular weight excluding hydrogens is 478 g/mol. The summed E-state index contributed by atoms with van der Waals surface area (Å²) in [5, 5.41) is 3.81. The van der Waals surface area contributed by atoms with Crippen LogP contribution in [0.25, 0.3) is 10.9 Å².